The van der Waals surface area contributed by atoms with Crippen molar-refractivity contribution in [3.8, 4) is 0 Å². The second-order valence-corrected chi connectivity index (χ2v) is 1.73. The van der Waals surface area contributed by atoms with Crippen molar-refractivity contribution < 1.29 is 1.43 Å². The number of benzene rings is 1. The highest BCUT2D eigenvalue weighted by atomic mass is 35.5. The van der Waals surface area contributed by atoms with E-state index in [0.717, 1.165) is 5.02 Å². The monoisotopic (exact) mass is 115 g/mol. The highest BCUT2D eigenvalue weighted by Crippen LogP contribution is 2.03. The first-order valence-corrected chi connectivity index (χ1v) is 2.48. The molecule has 1 aromatic rings. The Morgan fingerprint density at radius 3 is 2.00 bits per heavy atom. The Balaban J connectivity index is 0.000000490. The van der Waals surface area contributed by atoms with Crippen LogP contribution in [0.3, 0.4) is 0 Å². The van der Waals surface area contributed by atoms with Gasteiger partial charge in [0.1, 0.15) is 0 Å². The molecule has 0 saturated heterocycles. The Hall–Kier alpha value is -0.490. The van der Waals surface area contributed by atoms with Gasteiger partial charge in [-0.05, 0) is 12.1 Å². The van der Waals surface area contributed by atoms with Crippen LogP contribution in [0.1, 0.15) is 1.43 Å². The summed E-state index contributed by atoms with van der Waals surface area (Å²) in [5.41, 5.74) is 0. The van der Waals surface area contributed by atoms with Crippen LogP contribution in [-0.2, 0) is 0 Å². The summed E-state index contributed by atoms with van der Waals surface area (Å²) >= 11 is 5.54. The van der Waals surface area contributed by atoms with Crippen LogP contribution in [-0.4, -0.2) is 0 Å². The Labute approximate surface area is 49.2 Å². The largest absolute Gasteiger partial charge is 0.0843 e. The van der Waals surface area contributed by atoms with Gasteiger partial charge in [-0.2, -0.15) is 0 Å². The number of hydrogen-bond acceptors (Lipinski definition) is 0. The van der Waals surface area contributed by atoms with Gasteiger partial charge in [0.15, 0.2) is 0 Å². The first kappa shape index (κ1) is 4.66. The summed E-state index contributed by atoms with van der Waals surface area (Å²) < 4.78 is 0. The molecule has 0 N–H and O–H groups in total. The van der Waals surface area contributed by atoms with Crippen LogP contribution in [0.5, 0.6) is 0 Å². The molecule has 7 heavy (non-hydrogen) atoms. The molecule has 1 aromatic carbocycles. The topological polar surface area (TPSA) is 0 Å². The lowest BCUT2D eigenvalue weighted by atomic mass is 10.4. The standard InChI is InChI=1S/C6H5Cl.H2/c7-6-4-2-1-3-5-6;/h1-5H;1H/i;1+1. The van der Waals surface area contributed by atoms with E-state index < -0.39 is 0 Å². The number of rotatable bonds is 0. The quantitative estimate of drug-likeness (QED) is 0.488. The molecule has 0 nitrogen and oxygen atoms in total. The lowest BCUT2D eigenvalue weighted by Crippen LogP contribution is -1.55. The minimum Gasteiger partial charge on any atom is -0.0843 e. The van der Waals surface area contributed by atoms with Gasteiger partial charge in [-0.3, -0.25) is 0 Å². The lowest BCUT2D eigenvalue weighted by molar-refractivity contribution is 1.71. The van der Waals surface area contributed by atoms with Crippen LogP contribution in [0, 0.1) is 0 Å². The van der Waals surface area contributed by atoms with E-state index >= 15 is 0 Å². The zero-order chi connectivity index (χ0) is 5.11. The molecule has 0 fully saturated rings. The van der Waals surface area contributed by atoms with E-state index in [9.17, 15) is 0 Å². The molecule has 0 aliphatic heterocycles. The van der Waals surface area contributed by atoms with Crippen LogP contribution < -0.4 is 0 Å². The van der Waals surface area contributed by atoms with Crippen molar-refractivity contribution in [3.05, 3.63) is 35.4 Å². The maximum Gasteiger partial charge on any atom is 0.0405 e. The summed E-state index contributed by atoms with van der Waals surface area (Å²) in [5.74, 6) is 0. The molecule has 38 valence electrons. The third kappa shape index (κ3) is 1.20. The van der Waals surface area contributed by atoms with Gasteiger partial charge >= 0.3 is 0 Å². The van der Waals surface area contributed by atoms with Crippen LogP contribution >= 0.6 is 11.6 Å². The van der Waals surface area contributed by atoms with Gasteiger partial charge in [0.25, 0.3) is 0 Å². The van der Waals surface area contributed by atoms with E-state index in [0.29, 0.717) is 0 Å². The maximum absolute atomic E-state index is 5.54. The Morgan fingerprint density at radius 1 is 1.14 bits per heavy atom. The molecule has 0 amide bonds. The summed E-state index contributed by atoms with van der Waals surface area (Å²) in [4.78, 5) is 0. The molecule has 0 bridgehead atoms. The van der Waals surface area contributed by atoms with Crippen molar-refractivity contribution in [3.63, 3.8) is 0 Å². The van der Waals surface area contributed by atoms with Gasteiger partial charge in [0, 0.05) is 6.45 Å². The summed E-state index contributed by atoms with van der Waals surface area (Å²) in [6.07, 6.45) is 0. The summed E-state index contributed by atoms with van der Waals surface area (Å²) in [6.45, 7) is 0. The molecule has 0 aromatic heterocycles. The van der Waals surface area contributed by atoms with Gasteiger partial charge in [0.2, 0.25) is 0 Å². The van der Waals surface area contributed by atoms with E-state index in [2.05, 4.69) is 0 Å². The van der Waals surface area contributed by atoms with Gasteiger partial charge in [-0.25, -0.2) is 0 Å². The van der Waals surface area contributed by atoms with Gasteiger partial charge in [0.05, 0.1) is 0 Å². The molecule has 0 radical (unpaired) electrons. The summed E-state index contributed by atoms with van der Waals surface area (Å²) in [6, 6.07) is 9.44. The van der Waals surface area contributed by atoms with E-state index in [1.807, 2.05) is 30.3 Å². The predicted octanol–water partition coefficient (Wildman–Crippen LogP) is 2.59. The van der Waals surface area contributed by atoms with Crippen molar-refractivity contribution in [1.29, 1.82) is 0 Å². The molecule has 0 heterocycles. The second kappa shape index (κ2) is 1.99. The Kier molecular flexibility index (Phi) is 1.32. The molecule has 0 spiro atoms. The predicted molar refractivity (Wildman–Crippen MR) is 33.6 cm³/mol. The normalized spacial score (nSPS) is 8.71. The zero-order valence-electron chi connectivity index (χ0n) is 3.76. The maximum atomic E-state index is 5.54. The van der Waals surface area contributed by atoms with Crippen LogP contribution in [0.4, 0.5) is 0 Å². The van der Waals surface area contributed by atoms with Crippen LogP contribution in [0.25, 0.3) is 0 Å². The fourth-order valence-corrected chi connectivity index (χ4v) is 0.560. The molecule has 1 heteroatoms. The smallest absolute Gasteiger partial charge is 0.0405 e. The fourth-order valence-electron chi connectivity index (χ4n) is 0.415. The third-order valence-electron chi connectivity index (χ3n) is 0.733. The van der Waals surface area contributed by atoms with Crippen LogP contribution in [0.15, 0.2) is 30.3 Å². The van der Waals surface area contributed by atoms with E-state index in [-0.39, 0.29) is 1.43 Å². The van der Waals surface area contributed by atoms with Crippen molar-refractivity contribution in [2.45, 2.75) is 0 Å². The van der Waals surface area contributed by atoms with E-state index in [1.54, 1.807) is 0 Å². The minimum absolute atomic E-state index is 0. The van der Waals surface area contributed by atoms with Crippen molar-refractivity contribution >= 4 is 11.6 Å². The van der Waals surface area contributed by atoms with Crippen molar-refractivity contribution in [1.82, 2.24) is 0 Å². The Morgan fingerprint density at radius 2 is 1.71 bits per heavy atom. The molecular formula is C6H7Cl. The lowest BCUT2D eigenvalue weighted by Gasteiger charge is -1.80. The summed E-state index contributed by atoms with van der Waals surface area (Å²) in [7, 11) is 0. The van der Waals surface area contributed by atoms with Gasteiger partial charge in [-0.15, -0.1) is 0 Å². The SMILES string of the molecule is Clc1ccccc1.[2HH]. The van der Waals surface area contributed by atoms with E-state index in [4.69, 9.17) is 11.6 Å². The molecule has 1 rings (SSSR count). The number of halogens is 1. The fraction of sp³-hybridized carbons (Fsp3) is 0. The Bertz CT molecular complexity index is 138. The molecule has 0 saturated carbocycles. The highest BCUT2D eigenvalue weighted by Gasteiger charge is 1.74. The first-order chi connectivity index (χ1) is 3.39. The average molecular weight is 116 g/mol. The zero-order valence-corrected chi connectivity index (χ0v) is 4.52. The van der Waals surface area contributed by atoms with E-state index in [1.165, 1.54) is 0 Å². The minimum atomic E-state index is 0. The first-order valence-electron chi connectivity index (χ1n) is 2.10. The van der Waals surface area contributed by atoms with Crippen molar-refractivity contribution in [2.75, 3.05) is 0 Å². The molecule has 0 aliphatic rings. The molecule has 0 atom stereocenters. The van der Waals surface area contributed by atoms with Crippen molar-refractivity contribution in [2.24, 2.45) is 0 Å². The van der Waals surface area contributed by atoms with Gasteiger partial charge < -0.3 is 0 Å². The number of hydrogen-bond donors (Lipinski definition) is 0. The summed E-state index contributed by atoms with van der Waals surface area (Å²) in [5, 5.41) is 0.794. The second-order valence-electron chi connectivity index (χ2n) is 1.30. The molecule has 0 unspecified atom stereocenters. The molecular weight excluding hydrogens is 108 g/mol. The average Bonchev–Trinajstić information content (AvgIpc) is 1.69. The molecule has 0 aliphatic carbocycles. The van der Waals surface area contributed by atoms with Crippen LogP contribution in [0.2, 0.25) is 5.02 Å². The van der Waals surface area contributed by atoms with Gasteiger partial charge in [-0.1, -0.05) is 29.8 Å². The highest BCUT2D eigenvalue weighted by molar-refractivity contribution is 6.30. The third-order valence-corrected chi connectivity index (χ3v) is 0.985.